The summed E-state index contributed by atoms with van der Waals surface area (Å²) in [5.74, 6) is -0.264. The van der Waals surface area contributed by atoms with Gasteiger partial charge < -0.3 is 15.6 Å². The van der Waals surface area contributed by atoms with Gasteiger partial charge in [-0.05, 0) is 18.2 Å². The number of benzene rings is 1. The number of hydrogen-bond donors (Lipinski definition) is 2. The van der Waals surface area contributed by atoms with E-state index in [9.17, 15) is 4.79 Å². The van der Waals surface area contributed by atoms with E-state index in [1.54, 1.807) is 36.1 Å². The molecule has 5 nitrogen and oxygen atoms in total. The van der Waals surface area contributed by atoms with Gasteiger partial charge in [-0.3, -0.25) is 4.79 Å². The minimum atomic E-state index is -0.264. The molecule has 0 aliphatic rings. The molecular formula is C12H11BrN4OS. The third-order valence-electron chi connectivity index (χ3n) is 2.54. The number of thiocarbonyl (C=S) groups is 1. The molecule has 1 aromatic heterocycles. The van der Waals surface area contributed by atoms with Crippen molar-refractivity contribution in [3.63, 3.8) is 0 Å². The molecule has 1 heterocycles. The Morgan fingerprint density at radius 3 is 2.84 bits per heavy atom. The number of hydrogen-bond acceptors (Lipinski definition) is 3. The van der Waals surface area contributed by atoms with Gasteiger partial charge >= 0.3 is 0 Å². The molecule has 0 radical (unpaired) electrons. The monoisotopic (exact) mass is 338 g/mol. The number of amides is 1. The first-order valence-corrected chi connectivity index (χ1v) is 6.56. The van der Waals surface area contributed by atoms with Crippen LogP contribution >= 0.6 is 28.1 Å². The standard InChI is InChI=1S/C12H11BrN4OS/c1-17-6-15-5-10(17)12(18)16-9-3-2-7(13)4-8(9)11(14)19/h2-6H,1H3,(H2,14,19)(H,16,18). The van der Waals surface area contributed by atoms with Gasteiger partial charge in [0.25, 0.3) is 5.91 Å². The average molecular weight is 339 g/mol. The number of nitrogens with zero attached hydrogens (tertiary/aromatic N) is 2. The van der Waals surface area contributed by atoms with Crippen molar-refractivity contribution in [2.75, 3.05) is 5.32 Å². The largest absolute Gasteiger partial charge is 0.389 e. The molecule has 19 heavy (non-hydrogen) atoms. The number of aryl methyl sites for hydroxylation is 1. The smallest absolute Gasteiger partial charge is 0.273 e. The summed E-state index contributed by atoms with van der Waals surface area (Å²) in [6.45, 7) is 0. The van der Waals surface area contributed by atoms with Gasteiger partial charge in [0, 0.05) is 17.1 Å². The zero-order valence-corrected chi connectivity index (χ0v) is 12.5. The maximum atomic E-state index is 12.1. The highest BCUT2D eigenvalue weighted by Crippen LogP contribution is 2.21. The summed E-state index contributed by atoms with van der Waals surface area (Å²) in [5, 5.41) is 2.77. The Kier molecular flexibility index (Phi) is 3.96. The van der Waals surface area contributed by atoms with E-state index in [4.69, 9.17) is 18.0 Å². The topological polar surface area (TPSA) is 72.9 Å². The van der Waals surface area contributed by atoms with Crippen LogP contribution in [0.1, 0.15) is 16.1 Å². The van der Waals surface area contributed by atoms with Crippen molar-refractivity contribution >= 4 is 44.7 Å². The second kappa shape index (κ2) is 5.50. The average Bonchev–Trinajstić information content (AvgIpc) is 2.77. The first-order valence-electron chi connectivity index (χ1n) is 5.36. The molecule has 1 aromatic carbocycles. The molecule has 2 aromatic rings. The molecule has 3 N–H and O–H groups in total. The number of carbonyl (C=O) groups is 1. The highest BCUT2D eigenvalue weighted by molar-refractivity contribution is 9.10. The molecule has 2 rings (SSSR count). The van der Waals surface area contributed by atoms with Crippen LogP contribution in [0.3, 0.4) is 0 Å². The van der Waals surface area contributed by atoms with Crippen molar-refractivity contribution in [2.45, 2.75) is 0 Å². The van der Waals surface area contributed by atoms with Gasteiger partial charge in [-0.2, -0.15) is 0 Å². The maximum absolute atomic E-state index is 12.1. The van der Waals surface area contributed by atoms with Crippen molar-refractivity contribution < 1.29 is 4.79 Å². The molecule has 98 valence electrons. The van der Waals surface area contributed by atoms with E-state index in [1.165, 1.54) is 6.20 Å². The van der Waals surface area contributed by atoms with Crippen molar-refractivity contribution in [1.29, 1.82) is 0 Å². The SMILES string of the molecule is Cn1cncc1C(=O)Nc1ccc(Br)cc1C(N)=S. The van der Waals surface area contributed by atoms with E-state index in [0.29, 0.717) is 16.9 Å². The van der Waals surface area contributed by atoms with Gasteiger partial charge in [0.15, 0.2) is 0 Å². The van der Waals surface area contributed by atoms with Gasteiger partial charge in [0.05, 0.1) is 18.2 Å². The molecule has 0 aliphatic heterocycles. The van der Waals surface area contributed by atoms with E-state index in [2.05, 4.69) is 26.2 Å². The van der Waals surface area contributed by atoms with E-state index < -0.39 is 0 Å². The Balaban J connectivity index is 2.32. The second-order valence-electron chi connectivity index (χ2n) is 3.90. The van der Waals surface area contributed by atoms with Gasteiger partial charge in [0.2, 0.25) is 0 Å². The molecular weight excluding hydrogens is 328 g/mol. The van der Waals surface area contributed by atoms with E-state index >= 15 is 0 Å². The van der Waals surface area contributed by atoms with Crippen LogP contribution in [0, 0.1) is 0 Å². The first kappa shape index (κ1) is 13.7. The van der Waals surface area contributed by atoms with Crippen LogP contribution in [0.25, 0.3) is 0 Å². The lowest BCUT2D eigenvalue weighted by Crippen LogP contribution is -2.19. The summed E-state index contributed by atoms with van der Waals surface area (Å²) < 4.78 is 2.48. The van der Waals surface area contributed by atoms with Crippen LogP contribution in [-0.2, 0) is 7.05 Å². The van der Waals surface area contributed by atoms with Crippen LogP contribution < -0.4 is 11.1 Å². The van der Waals surface area contributed by atoms with E-state index in [-0.39, 0.29) is 10.9 Å². The lowest BCUT2D eigenvalue weighted by atomic mass is 10.1. The fraction of sp³-hybridized carbons (Fsp3) is 0.0833. The fourth-order valence-corrected chi connectivity index (χ4v) is 2.12. The lowest BCUT2D eigenvalue weighted by Gasteiger charge is -2.10. The molecule has 0 fully saturated rings. The molecule has 1 amide bonds. The number of rotatable bonds is 3. The molecule has 7 heteroatoms. The number of aromatic nitrogens is 2. The fourth-order valence-electron chi connectivity index (χ4n) is 1.59. The van der Waals surface area contributed by atoms with Crippen LogP contribution in [-0.4, -0.2) is 20.4 Å². The van der Waals surface area contributed by atoms with Gasteiger partial charge in [-0.25, -0.2) is 4.98 Å². The zero-order chi connectivity index (χ0) is 14.0. The van der Waals surface area contributed by atoms with Crippen LogP contribution in [0.5, 0.6) is 0 Å². The lowest BCUT2D eigenvalue weighted by molar-refractivity contribution is 0.101. The summed E-state index contributed by atoms with van der Waals surface area (Å²) in [6, 6.07) is 5.31. The normalized spacial score (nSPS) is 10.2. The van der Waals surface area contributed by atoms with Crippen molar-refractivity contribution in [1.82, 2.24) is 9.55 Å². The maximum Gasteiger partial charge on any atom is 0.273 e. The Labute approximate surface area is 123 Å². The molecule has 0 unspecified atom stereocenters. The number of imidazole rings is 1. The predicted molar refractivity (Wildman–Crippen MR) is 81.2 cm³/mol. The predicted octanol–water partition coefficient (Wildman–Crippen LogP) is 2.07. The second-order valence-corrected chi connectivity index (χ2v) is 5.25. The van der Waals surface area contributed by atoms with Crippen LogP contribution in [0.4, 0.5) is 5.69 Å². The quantitative estimate of drug-likeness (QED) is 0.840. The highest BCUT2D eigenvalue weighted by atomic mass is 79.9. The minimum absolute atomic E-state index is 0.224. The van der Waals surface area contributed by atoms with Gasteiger partial charge in [-0.1, -0.05) is 28.1 Å². The summed E-state index contributed by atoms with van der Waals surface area (Å²) >= 11 is 8.32. The number of nitrogens with two attached hydrogens (primary N) is 1. The van der Waals surface area contributed by atoms with Crippen molar-refractivity contribution in [3.8, 4) is 0 Å². The number of halogens is 1. The summed E-state index contributed by atoms with van der Waals surface area (Å²) in [7, 11) is 1.75. The molecule has 0 aliphatic carbocycles. The number of anilines is 1. The highest BCUT2D eigenvalue weighted by Gasteiger charge is 2.13. The Bertz CT molecular complexity index is 653. The first-order chi connectivity index (χ1) is 8.99. The molecule has 0 saturated carbocycles. The van der Waals surface area contributed by atoms with E-state index in [0.717, 1.165) is 4.47 Å². The number of carbonyl (C=O) groups excluding carboxylic acids is 1. The van der Waals surface area contributed by atoms with Gasteiger partial charge in [-0.15, -0.1) is 0 Å². The molecule has 0 bridgehead atoms. The Hall–Kier alpha value is -1.73. The third-order valence-corrected chi connectivity index (χ3v) is 3.26. The van der Waals surface area contributed by atoms with E-state index in [1.807, 2.05) is 0 Å². The summed E-state index contributed by atoms with van der Waals surface area (Å²) in [4.78, 5) is 16.2. The Morgan fingerprint density at radius 1 is 1.53 bits per heavy atom. The van der Waals surface area contributed by atoms with Crippen molar-refractivity contribution in [3.05, 3.63) is 46.5 Å². The van der Waals surface area contributed by atoms with Crippen molar-refractivity contribution in [2.24, 2.45) is 12.8 Å². The molecule has 0 spiro atoms. The Morgan fingerprint density at radius 2 is 2.26 bits per heavy atom. The number of nitrogens with one attached hydrogen (secondary N) is 1. The molecule has 0 atom stereocenters. The van der Waals surface area contributed by atoms with Crippen LogP contribution in [0.2, 0.25) is 0 Å². The van der Waals surface area contributed by atoms with Gasteiger partial charge in [0.1, 0.15) is 10.7 Å². The summed E-state index contributed by atoms with van der Waals surface area (Å²) in [5.41, 5.74) is 7.29. The third kappa shape index (κ3) is 2.99. The molecule has 0 saturated heterocycles. The van der Waals surface area contributed by atoms with Crippen LogP contribution in [0.15, 0.2) is 35.2 Å². The summed E-state index contributed by atoms with van der Waals surface area (Å²) in [6.07, 6.45) is 3.06. The zero-order valence-electron chi connectivity index (χ0n) is 10.1. The minimum Gasteiger partial charge on any atom is -0.389 e.